The molecule has 0 spiro atoms. The third kappa shape index (κ3) is 5.53. The average Bonchev–Trinajstić information content (AvgIpc) is 2.97. The Balaban J connectivity index is 2.18. The highest BCUT2D eigenvalue weighted by atomic mass is 32.2. The van der Waals surface area contributed by atoms with Crippen LogP contribution in [0.3, 0.4) is 0 Å². The molecule has 3 rings (SSSR count). The van der Waals surface area contributed by atoms with Crippen molar-refractivity contribution in [3.05, 3.63) is 31.9 Å². The van der Waals surface area contributed by atoms with Gasteiger partial charge in [0.25, 0.3) is 11.5 Å². The van der Waals surface area contributed by atoms with E-state index >= 15 is 0 Å². The number of nitriles is 1. The zero-order chi connectivity index (χ0) is 24.8. The first kappa shape index (κ1) is 26.0. The largest absolute Gasteiger partial charge is 0.481 e. The second-order valence-electron chi connectivity index (χ2n) is 8.54. The number of unbranched alkanes of at least 4 members (excludes halogenated alkanes) is 1. The van der Waals surface area contributed by atoms with E-state index in [2.05, 4.69) is 17.9 Å². The maximum absolute atomic E-state index is 13.3. The minimum absolute atomic E-state index is 0.00868. The molecule has 2 aliphatic rings. The minimum atomic E-state index is -1.00. The van der Waals surface area contributed by atoms with Crippen LogP contribution in [0.1, 0.15) is 68.6 Å². The first-order chi connectivity index (χ1) is 16.3. The van der Waals surface area contributed by atoms with Gasteiger partial charge in [0.2, 0.25) is 0 Å². The third-order valence-electron chi connectivity index (χ3n) is 6.19. The molecule has 0 aromatic carbocycles. The molecule has 0 bridgehead atoms. The molecule has 2 saturated heterocycles. The smallest absolute Gasteiger partial charge is 0.305 e. The van der Waals surface area contributed by atoms with E-state index in [0.717, 1.165) is 69.2 Å². The first-order valence-corrected chi connectivity index (χ1v) is 12.9. The Morgan fingerprint density at radius 2 is 1.88 bits per heavy atom. The number of hydrogen-bond donors (Lipinski definition) is 1. The van der Waals surface area contributed by atoms with E-state index in [9.17, 15) is 19.6 Å². The number of nitrogens with zero attached hydrogens (tertiary/aromatic N) is 4. The highest BCUT2D eigenvalue weighted by molar-refractivity contribution is 8.26. The molecule has 8 nitrogen and oxygen atoms in total. The monoisotopic (exact) mass is 502 g/mol. The van der Waals surface area contributed by atoms with Crippen LogP contribution in [0, 0.1) is 18.3 Å². The molecule has 2 aliphatic heterocycles. The Morgan fingerprint density at radius 1 is 1.21 bits per heavy atom. The van der Waals surface area contributed by atoms with Gasteiger partial charge in [0.1, 0.15) is 21.8 Å². The molecule has 34 heavy (non-hydrogen) atoms. The van der Waals surface area contributed by atoms with Crippen LogP contribution in [0.25, 0.3) is 6.08 Å². The normalized spacial score (nSPS) is 17.9. The third-order valence-corrected chi connectivity index (χ3v) is 7.56. The van der Waals surface area contributed by atoms with Crippen molar-refractivity contribution in [3.63, 3.8) is 0 Å². The van der Waals surface area contributed by atoms with Crippen molar-refractivity contribution in [2.24, 2.45) is 0 Å². The standard InChI is InChI=1S/C24H30N4O4S2/c1-3-4-12-27-21(26-10-7-5-6-8-11-26)17(16(2)18(15-25)22(27)31)14-19-23(32)28(24(33)34-19)13-9-20(29)30/h14H,3-13H2,1-2H3,(H,29,30). The van der Waals surface area contributed by atoms with Crippen molar-refractivity contribution in [1.29, 1.82) is 5.26 Å². The van der Waals surface area contributed by atoms with Gasteiger partial charge >= 0.3 is 5.97 Å². The Bertz CT molecular complexity index is 1110. The van der Waals surface area contributed by atoms with Crippen LogP contribution < -0.4 is 10.5 Å². The number of hydrogen-bond acceptors (Lipinski definition) is 7. The highest BCUT2D eigenvalue weighted by Crippen LogP contribution is 2.36. The van der Waals surface area contributed by atoms with Gasteiger partial charge in [-0.15, -0.1) is 0 Å². The minimum Gasteiger partial charge on any atom is -0.481 e. The van der Waals surface area contributed by atoms with Crippen LogP contribution in [-0.2, 0) is 16.1 Å². The van der Waals surface area contributed by atoms with E-state index in [0.29, 0.717) is 26.9 Å². The second-order valence-corrected chi connectivity index (χ2v) is 10.2. The quantitative estimate of drug-likeness (QED) is 0.422. The lowest BCUT2D eigenvalue weighted by atomic mass is 10.0. The fourth-order valence-electron chi connectivity index (χ4n) is 4.32. The molecule has 10 heteroatoms. The van der Waals surface area contributed by atoms with E-state index in [1.807, 2.05) is 0 Å². The molecular weight excluding hydrogens is 472 g/mol. The van der Waals surface area contributed by atoms with Crippen molar-refractivity contribution >= 4 is 52.1 Å². The zero-order valence-electron chi connectivity index (χ0n) is 19.6. The summed E-state index contributed by atoms with van der Waals surface area (Å²) < 4.78 is 2.02. The lowest BCUT2D eigenvalue weighted by Crippen LogP contribution is -2.35. The van der Waals surface area contributed by atoms with Crippen LogP contribution in [-0.4, -0.2) is 50.4 Å². The number of aromatic nitrogens is 1. The molecule has 0 atom stereocenters. The number of carboxylic acid groups (broad SMARTS) is 1. The molecule has 0 aliphatic carbocycles. The number of thiocarbonyl (C=S) groups is 1. The molecule has 2 fully saturated rings. The van der Waals surface area contributed by atoms with Gasteiger partial charge in [0.15, 0.2) is 0 Å². The van der Waals surface area contributed by atoms with E-state index in [1.165, 1.54) is 4.90 Å². The van der Waals surface area contributed by atoms with Gasteiger partial charge in [-0.25, -0.2) is 0 Å². The number of thioether (sulfide) groups is 1. The van der Waals surface area contributed by atoms with E-state index < -0.39 is 5.97 Å². The Kier molecular flexibility index (Phi) is 8.91. The Morgan fingerprint density at radius 3 is 2.47 bits per heavy atom. The van der Waals surface area contributed by atoms with Gasteiger partial charge < -0.3 is 10.0 Å². The van der Waals surface area contributed by atoms with Gasteiger partial charge in [0, 0.05) is 31.7 Å². The van der Waals surface area contributed by atoms with Gasteiger partial charge in [-0.2, -0.15) is 5.26 Å². The maximum Gasteiger partial charge on any atom is 0.305 e. The van der Waals surface area contributed by atoms with Crippen LogP contribution in [0.15, 0.2) is 9.70 Å². The summed E-state index contributed by atoms with van der Waals surface area (Å²) >= 11 is 6.47. The zero-order valence-corrected chi connectivity index (χ0v) is 21.3. The number of carbonyl (C=O) groups is 2. The molecule has 0 saturated carbocycles. The van der Waals surface area contributed by atoms with Gasteiger partial charge in [-0.3, -0.25) is 23.9 Å². The van der Waals surface area contributed by atoms with E-state index in [-0.39, 0.29) is 30.0 Å². The Hall–Kier alpha value is -2.64. The van der Waals surface area contributed by atoms with Crippen molar-refractivity contribution in [3.8, 4) is 6.07 Å². The SMILES string of the molecule is CCCCn1c(N2CCCCCC2)c(C=C2SC(=S)N(CCC(=O)O)C2=O)c(C)c(C#N)c1=O. The molecule has 1 aromatic rings. The molecule has 1 amide bonds. The first-order valence-electron chi connectivity index (χ1n) is 11.7. The predicted molar refractivity (Wildman–Crippen MR) is 138 cm³/mol. The van der Waals surface area contributed by atoms with Gasteiger partial charge in [-0.1, -0.05) is 50.2 Å². The topological polar surface area (TPSA) is 107 Å². The van der Waals surface area contributed by atoms with Crippen LogP contribution in [0.2, 0.25) is 0 Å². The number of carbonyl (C=O) groups excluding carboxylic acids is 1. The summed E-state index contributed by atoms with van der Waals surface area (Å²) in [7, 11) is 0. The van der Waals surface area contributed by atoms with Gasteiger partial charge in [-0.05, 0) is 37.8 Å². The molecular formula is C24H30N4O4S2. The van der Waals surface area contributed by atoms with E-state index in [4.69, 9.17) is 17.3 Å². The van der Waals surface area contributed by atoms with Gasteiger partial charge in [0.05, 0.1) is 11.3 Å². The van der Waals surface area contributed by atoms with Crippen molar-refractivity contribution in [1.82, 2.24) is 9.47 Å². The number of pyridine rings is 1. The predicted octanol–water partition coefficient (Wildman–Crippen LogP) is 3.88. The van der Waals surface area contributed by atoms with Crippen molar-refractivity contribution in [2.75, 3.05) is 24.5 Å². The fraction of sp³-hybridized carbons (Fsp3) is 0.542. The number of amides is 1. The second kappa shape index (κ2) is 11.7. The number of carboxylic acids is 1. The number of rotatable bonds is 8. The summed E-state index contributed by atoms with van der Waals surface area (Å²) in [6.07, 6.45) is 7.52. The van der Waals surface area contributed by atoms with E-state index in [1.54, 1.807) is 17.6 Å². The van der Waals surface area contributed by atoms with Crippen LogP contribution >= 0.6 is 24.0 Å². The molecule has 1 aromatic heterocycles. The highest BCUT2D eigenvalue weighted by Gasteiger charge is 2.33. The summed E-state index contributed by atoms with van der Waals surface area (Å²) in [6.45, 7) is 5.92. The fourth-order valence-corrected chi connectivity index (χ4v) is 5.61. The summed E-state index contributed by atoms with van der Waals surface area (Å²) in [5.74, 6) is -0.589. The summed E-state index contributed by atoms with van der Waals surface area (Å²) in [5.41, 5.74) is 1.03. The molecule has 0 radical (unpaired) electrons. The molecule has 1 N–H and O–H groups in total. The number of aliphatic carboxylic acids is 1. The lowest BCUT2D eigenvalue weighted by molar-refractivity contribution is -0.137. The molecule has 182 valence electrons. The Labute approximate surface area is 209 Å². The summed E-state index contributed by atoms with van der Waals surface area (Å²) in [5, 5.41) is 18.8. The van der Waals surface area contributed by atoms with Crippen LogP contribution in [0.5, 0.6) is 0 Å². The average molecular weight is 503 g/mol. The maximum atomic E-state index is 13.3. The molecule has 0 unspecified atom stereocenters. The van der Waals surface area contributed by atoms with Crippen LogP contribution in [0.4, 0.5) is 5.82 Å². The summed E-state index contributed by atoms with van der Waals surface area (Å²) in [4.78, 5) is 41.3. The van der Waals surface area contributed by atoms with Crippen molar-refractivity contribution in [2.45, 2.75) is 65.3 Å². The lowest BCUT2D eigenvalue weighted by Gasteiger charge is -2.29. The number of anilines is 1. The van der Waals surface area contributed by atoms with Crippen molar-refractivity contribution < 1.29 is 14.7 Å². The molecule has 3 heterocycles. The summed E-state index contributed by atoms with van der Waals surface area (Å²) in [6, 6.07) is 2.08.